The molecule has 0 radical (unpaired) electrons. The van der Waals surface area contributed by atoms with Gasteiger partial charge in [0.1, 0.15) is 0 Å². The molecular formula is C13H23N3. The summed E-state index contributed by atoms with van der Waals surface area (Å²) in [5.74, 6) is 0. The van der Waals surface area contributed by atoms with Gasteiger partial charge in [0.15, 0.2) is 0 Å². The molecule has 3 nitrogen and oxygen atoms in total. The van der Waals surface area contributed by atoms with E-state index >= 15 is 0 Å². The summed E-state index contributed by atoms with van der Waals surface area (Å²) in [6, 6.07) is 2.21. The Balaban J connectivity index is 1.96. The van der Waals surface area contributed by atoms with E-state index in [1.807, 2.05) is 11.7 Å². The van der Waals surface area contributed by atoms with Crippen LogP contribution in [0.3, 0.4) is 0 Å². The minimum absolute atomic E-state index is 0.358. The van der Waals surface area contributed by atoms with Gasteiger partial charge in [0.25, 0.3) is 0 Å². The molecule has 1 saturated carbocycles. The quantitative estimate of drug-likeness (QED) is 0.846. The van der Waals surface area contributed by atoms with Crippen LogP contribution in [-0.4, -0.2) is 15.3 Å². The Kier molecular flexibility index (Phi) is 3.33. The predicted molar refractivity (Wildman–Crippen MR) is 66.3 cm³/mol. The first-order chi connectivity index (χ1) is 7.63. The molecule has 0 spiro atoms. The lowest BCUT2D eigenvalue weighted by Gasteiger charge is -2.25. The highest BCUT2D eigenvalue weighted by Gasteiger charge is 2.27. The number of aryl methyl sites for hydroxylation is 2. The van der Waals surface area contributed by atoms with E-state index in [9.17, 15) is 0 Å². The van der Waals surface area contributed by atoms with E-state index in [1.165, 1.54) is 37.1 Å². The highest BCUT2D eigenvalue weighted by molar-refractivity contribution is 5.10. The van der Waals surface area contributed by atoms with Crippen LogP contribution in [0, 0.1) is 0 Å². The molecule has 1 N–H and O–H groups in total. The van der Waals surface area contributed by atoms with Gasteiger partial charge in [-0.1, -0.05) is 19.8 Å². The molecule has 0 atom stereocenters. The van der Waals surface area contributed by atoms with E-state index in [0.717, 1.165) is 13.0 Å². The summed E-state index contributed by atoms with van der Waals surface area (Å²) in [4.78, 5) is 0. The molecule has 0 aliphatic heterocycles. The molecule has 1 aliphatic rings. The van der Waals surface area contributed by atoms with Crippen LogP contribution in [0.5, 0.6) is 0 Å². The fourth-order valence-electron chi connectivity index (χ4n) is 2.55. The van der Waals surface area contributed by atoms with Gasteiger partial charge in [-0.15, -0.1) is 0 Å². The van der Waals surface area contributed by atoms with E-state index in [1.54, 1.807) is 0 Å². The average Bonchev–Trinajstić information content (AvgIpc) is 2.83. The van der Waals surface area contributed by atoms with Gasteiger partial charge in [-0.3, -0.25) is 4.68 Å². The monoisotopic (exact) mass is 221 g/mol. The third kappa shape index (κ3) is 2.46. The Hall–Kier alpha value is -0.830. The van der Waals surface area contributed by atoms with Crippen LogP contribution in [0.25, 0.3) is 0 Å². The van der Waals surface area contributed by atoms with Crippen LogP contribution in [0.15, 0.2) is 6.07 Å². The first kappa shape index (κ1) is 11.6. The van der Waals surface area contributed by atoms with Crippen molar-refractivity contribution in [2.45, 2.75) is 58.0 Å². The average molecular weight is 221 g/mol. The summed E-state index contributed by atoms with van der Waals surface area (Å²) in [6.45, 7) is 5.44. The van der Waals surface area contributed by atoms with Crippen molar-refractivity contribution in [3.05, 3.63) is 17.5 Å². The number of rotatable bonds is 4. The standard InChI is InChI=1S/C13H23N3/c1-4-11-9-12(16(3)15-11)10-14-13(2)7-5-6-8-13/h9,14H,4-8,10H2,1-3H3. The molecule has 0 bridgehead atoms. The van der Waals surface area contributed by atoms with Gasteiger partial charge >= 0.3 is 0 Å². The van der Waals surface area contributed by atoms with Crippen LogP contribution in [-0.2, 0) is 20.0 Å². The second kappa shape index (κ2) is 4.58. The largest absolute Gasteiger partial charge is 0.306 e. The molecule has 0 unspecified atom stereocenters. The van der Waals surface area contributed by atoms with Crippen molar-refractivity contribution < 1.29 is 0 Å². The summed E-state index contributed by atoms with van der Waals surface area (Å²) in [5.41, 5.74) is 2.84. The summed E-state index contributed by atoms with van der Waals surface area (Å²) in [7, 11) is 2.03. The maximum Gasteiger partial charge on any atom is 0.0625 e. The van der Waals surface area contributed by atoms with Crippen molar-refractivity contribution in [1.29, 1.82) is 0 Å². The van der Waals surface area contributed by atoms with Crippen LogP contribution >= 0.6 is 0 Å². The molecule has 1 aromatic rings. The minimum atomic E-state index is 0.358. The highest BCUT2D eigenvalue weighted by Crippen LogP contribution is 2.29. The first-order valence-electron chi connectivity index (χ1n) is 6.40. The van der Waals surface area contributed by atoms with Gasteiger partial charge in [-0.25, -0.2) is 0 Å². The Labute approximate surface area is 98.2 Å². The van der Waals surface area contributed by atoms with Crippen molar-refractivity contribution in [2.24, 2.45) is 7.05 Å². The zero-order chi connectivity index (χ0) is 11.6. The lowest BCUT2D eigenvalue weighted by molar-refractivity contribution is 0.357. The molecule has 2 rings (SSSR count). The minimum Gasteiger partial charge on any atom is -0.306 e. The fourth-order valence-corrected chi connectivity index (χ4v) is 2.55. The molecule has 3 heteroatoms. The lowest BCUT2D eigenvalue weighted by atomic mass is 10.0. The third-order valence-electron chi connectivity index (χ3n) is 3.79. The topological polar surface area (TPSA) is 29.9 Å². The molecule has 0 saturated heterocycles. The van der Waals surface area contributed by atoms with Crippen LogP contribution in [0.1, 0.15) is 50.9 Å². The van der Waals surface area contributed by atoms with Gasteiger partial charge < -0.3 is 5.32 Å². The molecule has 1 fully saturated rings. The van der Waals surface area contributed by atoms with Crippen molar-refractivity contribution in [1.82, 2.24) is 15.1 Å². The highest BCUT2D eigenvalue weighted by atomic mass is 15.3. The second-order valence-electron chi connectivity index (χ2n) is 5.23. The Morgan fingerprint density at radius 3 is 2.69 bits per heavy atom. The number of hydrogen-bond acceptors (Lipinski definition) is 2. The molecule has 1 aliphatic carbocycles. The second-order valence-corrected chi connectivity index (χ2v) is 5.23. The number of nitrogens with zero attached hydrogens (tertiary/aromatic N) is 2. The summed E-state index contributed by atoms with van der Waals surface area (Å²) < 4.78 is 2.00. The van der Waals surface area contributed by atoms with E-state index in [4.69, 9.17) is 0 Å². The van der Waals surface area contributed by atoms with Gasteiger partial charge in [0, 0.05) is 19.1 Å². The van der Waals surface area contributed by atoms with E-state index in [0.29, 0.717) is 5.54 Å². The third-order valence-corrected chi connectivity index (χ3v) is 3.79. The Morgan fingerprint density at radius 1 is 1.44 bits per heavy atom. The molecule has 1 aromatic heterocycles. The van der Waals surface area contributed by atoms with Crippen molar-refractivity contribution in [2.75, 3.05) is 0 Å². The predicted octanol–water partition coefficient (Wildman–Crippen LogP) is 2.40. The van der Waals surface area contributed by atoms with Crippen molar-refractivity contribution in [3.63, 3.8) is 0 Å². The lowest BCUT2D eigenvalue weighted by Crippen LogP contribution is -2.39. The number of aromatic nitrogens is 2. The van der Waals surface area contributed by atoms with E-state index in [2.05, 4.69) is 30.3 Å². The van der Waals surface area contributed by atoms with Crippen LogP contribution in [0.4, 0.5) is 0 Å². The maximum absolute atomic E-state index is 4.47. The van der Waals surface area contributed by atoms with Gasteiger partial charge in [0.2, 0.25) is 0 Å². The van der Waals surface area contributed by atoms with Crippen LogP contribution < -0.4 is 5.32 Å². The Bertz CT molecular complexity index is 348. The zero-order valence-electron chi connectivity index (χ0n) is 10.7. The molecular weight excluding hydrogens is 198 g/mol. The van der Waals surface area contributed by atoms with Gasteiger partial charge in [-0.2, -0.15) is 5.10 Å². The van der Waals surface area contributed by atoms with Gasteiger partial charge in [-0.05, 0) is 32.3 Å². The van der Waals surface area contributed by atoms with Crippen molar-refractivity contribution in [3.8, 4) is 0 Å². The Morgan fingerprint density at radius 2 is 2.12 bits per heavy atom. The van der Waals surface area contributed by atoms with Gasteiger partial charge in [0.05, 0.1) is 11.4 Å². The van der Waals surface area contributed by atoms with Crippen LogP contribution in [0.2, 0.25) is 0 Å². The van der Waals surface area contributed by atoms with E-state index in [-0.39, 0.29) is 0 Å². The maximum atomic E-state index is 4.47. The molecule has 16 heavy (non-hydrogen) atoms. The molecule has 90 valence electrons. The van der Waals surface area contributed by atoms with Crippen molar-refractivity contribution >= 4 is 0 Å². The van der Waals surface area contributed by atoms with E-state index < -0.39 is 0 Å². The number of hydrogen-bond donors (Lipinski definition) is 1. The molecule has 0 amide bonds. The normalized spacial score (nSPS) is 19.2. The fraction of sp³-hybridized carbons (Fsp3) is 0.769. The molecule has 0 aromatic carbocycles. The molecule has 1 heterocycles. The number of nitrogens with one attached hydrogen (secondary N) is 1. The first-order valence-corrected chi connectivity index (χ1v) is 6.40. The SMILES string of the molecule is CCc1cc(CNC2(C)CCCC2)n(C)n1. The summed E-state index contributed by atoms with van der Waals surface area (Å²) in [6.07, 6.45) is 6.38. The zero-order valence-corrected chi connectivity index (χ0v) is 10.7. The summed E-state index contributed by atoms with van der Waals surface area (Å²) in [5, 5.41) is 8.17. The summed E-state index contributed by atoms with van der Waals surface area (Å²) >= 11 is 0. The smallest absolute Gasteiger partial charge is 0.0625 e.